The first-order chi connectivity index (χ1) is 10.4. The zero-order valence-electron chi connectivity index (χ0n) is 12.3. The number of H-pyrrole nitrogens is 1. The zero-order valence-corrected chi connectivity index (χ0v) is 12.3. The number of carboxylic acids is 1. The topological polar surface area (TPSA) is 114 Å². The molecule has 0 saturated heterocycles. The molecular weight excluding hydrogens is 290 g/mol. The van der Waals surface area contributed by atoms with Gasteiger partial charge in [0.1, 0.15) is 17.2 Å². The molecule has 2 aromatic rings. The SMILES string of the molecule is COc1ccc(C(=O)c2[nH]nnc2C(=O)O)c(OC(C)C)c1. The third kappa shape index (κ3) is 3.05. The van der Waals surface area contributed by atoms with Crippen LogP contribution in [0.5, 0.6) is 11.5 Å². The number of aromatic carboxylic acids is 1. The Bertz CT molecular complexity index is 708. The molecule has 0 bridgehead atoms. The lowest BCUT2D eigenvalue weighted by Crippen LogP contribution is -2.13. The van der Waals surface area contributed by atoms with E-state index in [0.29, 0.717) is 11.5 Å². The fraction of sp³-hybridized carbons (Fsp3) is 0.286. The number of carbonyl (C=O) groups excluding carboxylic acids is 1. The first kappa shape index (κ1) is 15.5. The van der Waals surface area contributed by atoms with Crippen molar-refractivity contribution in [2.24, 2.45) is 0 Å². The summed E-state index contributed by atoms with van der Waals surface area (Å²) >= 11 is 0. The average molecular weight is 305 g/mol. The number of hydrogen-bond acceptors (Lipinski definition) is 6. The number of ketones is 1. The lowest BCUT2D eigenvalue weighted by atomic mass is 10.1. The number of carbonyl (C=O) groups is 2. The number of methoxy groups -OCH3 is 1. The van der Waals surface area contributed by atoms with Gasteiger partial charge in [-0.2, -0.15) is 0 Å². The Morgan fingerprint density at radius 3 is 2.64 bits per heavy atom. The number of ether oxygens (including phenoxy) is 2. The summed E-state index contributed by atoms with van der Waals surface area (Å²) in [7, 11) is 1.50. The van der Waals surface area contributed by atoms with Crippen molar-refractivity contribution in [1.29, 1.82) is 0 Å². The second-order valence-electron chi connectivity index (χ2n) is 4.70. The Morgan fingerprint density at radius 2 is 2.05 bits per heavy atom. The van der Waals surface area contributed by atoms with Gasteiger partial charge in [-0.05, 0) is 26.0 Å². The van der Waals surface area contributed by atoms with Crippen LogP contribution in [0.1, 0.15) is 40.4 Å². The molecule has 0 fully saturated rings. The number of rotatable bonds is 6. The number of hydrogen-bond donors (Lipinski definition) is 2. The normalized spacial score (nSPS) is 10.5. The highest BCUT2D eigenvalue weighted by molar-refractivity contribution is 6.13. The minimum absolute atomic E-state index is 0.169. The molecule has 1 aromatic heterocycles. The third-order valence-electron chi connectivity index (χ3n) is 2.77. The van der Waals surface area contributed by atoms with E-state index < -0.39 is 17.4 Å². The van der Waals surface area contributed by atoms with Crippen LogP contribution in [0.2, 0.25) is 0 Å². The van der Waals surface area contributed by atoms with Gasteiger partial charge in [0.15, 0.2) is 0 Å². The van der Waals surface area contributed by atoms with Crippen LogP contribution in [-0.4, -0.2) is 45.5 Å². The number of benzene rings is 1. The van der Waals surface area contributed by atoms with Crippen LogP contribution in [0.3, 0.4) is 0 Å². The Hall–Kier alpha value is -2.90. The minimum atomic E-state index is -1.34. The van der Waals surface area contributed by atoms with Crippen LogP contribution in [0.25, 0.3) is 0 Å². The standard InChI is InChI=1S/C14H15N3O5/c1-7(2)22-10-6-8(21-3)4-5-9(10)13(18)11-12(14(19)20)16-17-15-11/h4-7H,1-3H3,(H,19,20)(H,15,16,17). The Kier molecular flexibility index (Phi) is 4.40. The van der Waals surface area contributed by atoms with Crippen molar-refractivity contribution in [3.63, 3.8) is 0 Å². The summed E-state index contributed by atoms with van der Waals surface area (Å²) < 4.78 is 10.7. The minimum Gasteiger partial charge on any atom is -0.497 e. The fourth-order valence-corrected chi connectivity index (χ4v) is 1.84. The van der Waals surface area contributed by atoms with Gasteiger partial charge in [0.25, 0.3) is 0 Å². The molecule has 0 radical (unpaired) electrons. The number of nitrogens with zero attached hydrogens (tertiary/aromatic N) is 2. The van der Waals surface area contributed by atoms with Crippen molar-refractivity contribution in [3.8, 4) is 11.5 Å². The molecule has 0 spiro atoms. The van der Waals surface area contributed by atoms with Gasteiger partial charge < -0.3 is 14.6 Å². The molecule has 1 heterocycles. The summed E-state index contributed by atoms with van der Waals surface area (Å²) in [6, 6.07) is 4.66. The molecule has 8 nitrogen and oxygen atoms in total. The Labute approximate surface area is 126 Å². The maximum atomic E-state index is 12.5. The van der Waals surface area contributed by atoms with Gasteiger partial charge in [-0.1, -0.05) is 5.21 Å². The van der Waals surface area contributed by atoms with Gasteiger partial charge in [-0.25, -0.2) is 4.79 Å². The molecule has 2 N–H and O–H groups in total. The van der Waals surface area contributed by atoms with E-state index in [9.17, 15) is 9.59 Å². The monoisotopic (exact) mass is 305 g/mol. The maximum Gasteiger partial charge on any atom is 0.358 e. The molecular formula is C14H15N3O5. The van der Waals surface area contributed by atoms with E-state index in [0.717, 1.165) is 0 Å². The lowest BCUT2D eigenvalue weighted by molar-refractivity contribution is 0.0686. The molecule has 0 saturated carbocycles. The van der Waals surface area contributed by atoms with E-state index >= 15 is 0 Å². The molecule has 0 unspecified atom stereocenters. The van der Waals surface area contributed by atoms with E-state index in [1.165, 1.54) is 13.2 Å². The van der Waals surface area contributed by atoms with Gasteiger partial charge in [0.2, 0.25) is 11.5 Å². The van der Waals surface area contributed by atoms with Crippen LogP contribution in [0.4, 0.5) is 0 Å². The van der Waals surface area contributed by atoms with Crippen LogP contribution in [-0.2, 0) is 0 Å². The molecule has 0 aliphatic heterocycles. The molecule has 1 aromatic carbocycles. The molecule has 8 heteroatoms. The maximum absolute atomic E-state index is 12.5. The lowest BCUT2D eigenvalue weighted by Gasteiger charge is -2.14. The second-order valence-corrected chi connectivity index (χ2v) is 4.70. The smallest absolute Gasteiger partial charge is 0.358 e. The highest BCUT2D eigenvalue weighted by Crippen LogP contribution is 2.28. The number of carboxylic acid groups (broad SMARTS) is 1. The first-order valence-corrected chi connectivity index (χ1v) is 6.47. The van der Waals surface area contributed by atoms with Crippen molar-refractivity contribution < 1.29 is 24.2 Å². The fourth-order valence-electron chi connectivity index (χ4n) is 1.84. The third-order valence-corrected chi connectivity index (χ3v) is 2.77. The van der Waals surface area contributed by atoms with Crippen LogP contribution in [0.15, 0.2) is 18.2 Å². The van der Waals surface area contributed by atoms with Crippen molar-refractivity contribution in [3.05, 3.63) is 35.2 Å². The number of aromatic amines is 1. The van der Waals surface area contributed by atoms with Gasteiger partial charge >= 0.3 is 5.97 Å². The van der Waals surface area contributed by atoms with Gasteiger partial charge in [0.05, 0.1) is 18.8 Å². The van der Waals surface area contributed by atoms with Crippen molar-refractivity contribution in [1.82, 2.24) is 15.4 Å². The molecule has 2 rings (SSSR count). The van der Waals surface area contributed by atoms with E-state index in [2.05, 4.69) is 15.4 Å². The van der Waals surface area contributed by atoms with E-state index in [4.69, 9.17) is 14.6 Å². The highest BCUT2D eigenvalue weighted by Gasteiger charge is 2.25. The van der Waals surface area contributed by atoms with E-state index in [-0.39, 0.29) is 17.4 Å². The molecule has 22 heavy (non-hydrogen) atoms. The van der Waals surface area contributed by atoms with Crippen LogP contribution < -0.4 is 9.47 Å². The highest BCUT2D eigenvalue weighted by atomic mass is 16.5. The molecule has 0 aliphatic carbocycles. The quantitative estimate of drug-likeness (QED) is 0.778. The van der Waals surface area contributed by atoms with Crippen molar-refractivity contribution in [2.75, 3.05) is 7.11 Å². The van der Waals surface area contributed by atoms with Crippen molar-refractivity contribution in [2.45, 2.75) is 20.0 Å². The second kappa shape index (κ2) is 6.25. The largest absolute Gasteiger partial charge is 0.497 e. The Morgan fingerprint density at radius 1 is 1.32 bits per heavy atom. The molecule has 116 valence electrons. The summed E-state index contributed by atoms with van der Waals surface area (Å²) in [6.45, 7) is 3.63. The van der Waals surface area contributed by atoms with E-state index in [1.807, 2.05) is 13.8 Å². The van der Waals surface area contributed by atoms with Gasteiger partial charge in [0, 0.05) is 6.07 Å². The number of aromatic nitrogens is 3. The molecule has 0 aliphatic rings. The van der Waals surface area contributed by atoms with E-state index in [1.54, 1.807) is 12.1 Å². The first-order valence-electron chi connectivity index (χ1n) is 6.47. The average Bonchev–Trinajstić information content (AvgIpc) is 2.95. The van der Waals surface area contributed by atoms with Gasteiger partial charge in [-0.3, -0.25) is 9.89 Å². The predicted molar refractivity (Wildman–Crippen MR) is 75.5 cm³/mol. The van der Waals surface area contributed by atoms with Crippen molar-refractivity contribution >= 4 is 11.8 Å². The summed E-state index contributed by atoms with van der Waals surface area (Å²) in [5.41, 5.74) is -0.439. The predicted octanol–water partition coefficient (Wildman–Crippen LogP) is 1.53. The summed E-state index contributed by atoms with van der Waals surface area (Å²) in [5, 5.41) is 18.1. The Balaban J connectivity index is 2.48. The summed E-state index contributed by atoms with van der Waals surface area (Å²) in [4.78, 5) is 23.6. The van der Waals surface area contributed by atoms with Gasteiger partial charge in [-0.15, -0.1) is 5.10 Å². The molecule has 0 amide bonds. The van der Waals surface area contributed by atoms with Crippen LogP contribution >= 0.6 is 0 Å². The van der Waals surface area contributed by atoms with Crippen LogP contribution in [0, 0.1) is 0 Å². The number of nitrogens with one attached hydrogen (secondary N) is 1. The molecule has 0 atom stereocenters. The summed E-state index contributed by atoms with van der Waals surface area (Å²) in [6.07, 6.45) is -0.169. The summed E-state index contributed by atoms with van der Waals surface area (Å²) in [5.74, 6) is -1.09. The zero-order chi connectivity index (χ0) is 16.3.